The molecule has 1 aromatic carbocycles. The van der Waals surface area contributed by atoms with Crippen molar-refractivity contribution in [3.05, 3.63) is 35.6 Å². The second-order valence-electron chi connectivity index (χ2n) is 4.88. The molecule has 1 saturated heterocycles. The van der Waals surface area contributed by atoms with Crippen molar-refractivity contribution in [1.29, 1.82) is 0 Å². The Labute approximate surface area is 106 Å². The number of nitrogens with zero attached hydrogens (tertiary/aromatic N) is 1. The summed E-state index contributed by atoms with van der Waals surface area (Å²) in [6, 6.07) is 6.32. The minimum absolute atomic E-state index is 0.0468. The van der Waals surface area contributed by atoms with E-state index in [2.05, 4.69) is 0 Å². The predicted octanol–water partition coefficient (Wildman–Crippen LogP) is 2.31. The van der Waals surface area contributed by atoms with Gasteiger partial charge in [0.15, 0.2) is 0 Å². The minimum Gasteiger partial charge on any atom is -0.480 e. The molecule has 2 unspecified atom stereocenters. The van der Waals surface area contributed by atoms with Crippen LogP contribution in [-0.4, -0.2) is 34.6 Å². The molecule has 0 amide bonds. The van der Waals surface area contributed by atoms with Gasteiger partial charge in [-0.25, -0.2) is 4.39 Å². The standard InChI is InChI=1S/C14H18FNO2/c1-10(9-11-5-2-3-6-12(11)15)16-8-4-7-13(16)14(17)18/h2-3,5-6,10,13H,4,7-9H2,1H3,(H,17,18). The number of likely N-dealkylation sites (tertiary alicyclic amines) is 1. The highest BCUT2D eigenvalue weighted by Crippen LogP contribution is 2.22. The maximum absolute atomic E-state index is 13.6. The zero-order valence-corrected chi connectivity index (χ0v) is 10.5. The Hall–Kier alpha value is -1.42. The third kappa shape index (κ3) is 2.70. The molecule has 1 fully saturated rings. The average Bonchev–Trinajstić information content (AvgIpc) is 2.81. The van der Waals surface area contributed by atoms with Gasteiger partial charge in [0.25, 0.3) is 0 Å². The molecule has 18 heavy (non-hydrogen) atoms. The van der Waals surface area contributed by atoms with Crippen LogP contribution in [0.5, 0.6) is 0 Å². The molecule has 4 heteroatoms. The quantitative estimate of drug-likeness (QED) is 0.892. The van der Waals surface area contributed by atoms with Gasteiger partial charge in [-0.15, -0.1) is 0 Å². The first-order valence-electron chi connectivity index (χ1n) is 6.31. The number of benzene rings is 1. The first-order chi connectivity index (χ1) is 8.59. The number of halogens is 1. The summed E-state index contributed by atoms with van der Waals surface area (Å²) in [5, 5.41) is 9.14. The Morgan fingerprint density at radius 1 is 1.56 bits per heavy atom. The van der Waals surface area contributed by atoms with Crippen LogP contribution in [0.25, 0.3) is 0 Å². The van der Waals surface area contributed by atoms with Crippen LogP contribution in [0.1, 0.15) is 25.3 Å². The van der Waals surface area contributed by atoms with E-state index in [0.29, 0.717) is 18.4 Å². The van der Waals surface area contributed by atoms with Crippen molar-refractivity contribution >= 4 is 5.97 Å². The molecule has 1 aliphatic rings. The second-order valence-corrected chi connectivity index (χ2v) is 4.88. The van der Waals surface area contributed by atoms with Gasteiger partial charge in [-0.3, -0.25) is 9.69 Å². The van der Waals surface area contributed by atoms with E-state index in [9.17, 15) is 9.18 Å². The van der Waals surface area contributed by atoms with E-state index in [1.165, 1.54) is 6.07 Å². The molecule has 1 N–H and O–H groups in total. The van der Waals surface area contributed by atoms with Crippen molar-refractivity contribution in [3.8, 4) is 0 Å². The molecule has 0 aliphatic carbocycles. The van der Waals surface area contributed by atoms with Crippen LogP contribution >= 0.6 is 0 Å². The van der Waals surface area contributed by atoms with Crippen LogP contribution < -0.4 is 0 Å². The third-order valence-electron chi connectivity index (χ3n) is 3.62. The molecule has 0 aromatic heterocycles. The summed E-state index contributed by atoms with van der Waals surface area (Å²) >= 11 is 0. The molecule has 0 bridgehead atoms. The summed E-state index contributed by atoms with van der Waals surface area (Å²) in [4.78, 5) is 13.1. The monoisotopic (exact) mass is 251 g/mol. The van der Waals surface area contributed by atoms with Crippen molar-refractivity contribution in [3.63, 3.8) is 0 Å². The molecular weight excluding hydrogens is 233 g/mol. The number of rotatable bonds is 4. The van der Waals surface area contributed by atoms with Crippen molar-refractivity contribution in [2.75, 3.05) is 6.54 Å². The zero-order valence-electron chi connectivity index (χ0n) is 10.5. The van der Waals surface area contributed by atoms with Crippen LogP contribution in [0.15, 0.2) is 24.3 Å². The first kappa shape index (κ1) is 13.0. The predicted molar refractivity (Wildman–Crippen MR) is 66.9 cm³/mol. The molecule has 1 heterocycles. The fourth-order valence-electron chi connectivity index (χ4n) is 2.68. The van der Waals surface area contributed by atoms with Gasteiger partial charge in [0.2, 0.25) is 0 Å². The van der Waals surface area contributed by atoms with Gasteiger partial charge in [0, 0.05) is 6.04 Å². The summed E-state index contributed by atoms with van der Waals surface area (Å²) in [5.74, 6) is -0.983. The lowest BCUT2D eigenvalue weighted by Crippen LogP contribution is -2.42. The third-order valence-corrected chi connectivity index (χ3v) is 3.62. The molecule has 0 radical (unpaired) electrons. The van der Waals surface area contributed by atoms with Crippen molar-refractivity contribution < 1.29 is 14.3 Å². The fraction of sp³-hybridized carbons (Fsp3) is 0.500. The van der Waals surface area contributed by atoms with E-state index in [0.717, 1.165) is 13.0 Å². The van der Waals surface area contributed by atoms with E-state index < -0.39 is 12.0 Å². The van der Waals surface area contributed by atoms with Crippen molar-refractivity contribution in [2.24, 2.45) is 0 Å². The maximum Gasteiger partial charge on any atom is 0.320 e. The van der Waals surface area contributed by atoms with Gasteiger partial charge < -0.3 is 5.11 Å². The SMILES string of the molecule is CC(Cc1ccccc1F)N1CCCC1C(=O)O. The van der Waals surface area contributed by atoms with Gasteiger partial charge in [-0.2, -0.15) is 0 Å². The lowest BCUT2D eigenvalue weighted by atomic mass is 10.0. The van der Waals surface area contributed by atoms with Gasteiger partial charge in [0.05, 0.1) is 0 Å². The number of carboxylic acid groups (broad SMARTS) is 1. The van der Waals surface area contributed by atoms with Crippen LogP contribution in [0.2, 0.25) is 0 Å². The van der Waals surface area contributed by atoms with Crippen LogP contribution in [-0.2, 0) is 11.2 Å². The van der Waals surface area contributed by atoms with E-state index in [4.69, 9.17) is 5.11 Å². The Morgan fingerprint density at radius 3 is 2.94 bits per heavy atom. The highest BCUT2D eigenvalue weighted by molar-refractivity contribution is 5.73. The second kappa shape index (κ2) is 5.48. The largest absolute Gasteiger partial charge is 0.480 e. The summed E-state index contributed by atoms with van der Waals surface area (Å²) in [5.41, 5.74) is 0.654. The lowest BCUT2D eigenvalue weighted by molar-refractivity contribution is -0.142. The smallest absolute Gasteiger partial charge is 0.320 e. The summed E-state index contributed by atoms with van der Waals surface area (Å²) in [7, 11) is 0. The fourth-order valence-corrected chi connectivity index (χ4v) is 2.68. The Balaban J connectivity index is 2.06. The average molecular weight is 251 g/mol. The van der Waals surface area contributed by atoms with E-state index >= 15 is 0 Å². The van der Waals surface area contributed by atoms with Crippen molar-refractivity contribution in [1.82, 2.24) is 4.90 Å². The molecule has 98 valence electrons. The van der Waals surface area contributed by atoms with Crippen LogP contribution in [0.3, 0.4) is 0 Å². The number of hydrogen-bond donors (Lipinski definition) is 1. The van der Waals surface area contributed by atoms with Gasteiger partial charge in [-0.1, -0.05) is 18.2 Å². The first-order valence-corrected chi connectivity index (χ1v) is 6.31. The number of carboxylic acids is 1. The van der Waals surface area contributed by atoms with E-state index in [1.807, 2.05) is 17.9 Å². The normalized spacial score (nSPS) is 22.0. The summed E-state index contributed by atoms with van der Waals surface area (Å²) in [6.45, 7) is 2.75. The van der Waals surface area contributed by atoms with E-state index in [-0.39, 0.29) is 11.9 Å². The number of aliphatic carboxylic acids is 1. The summed E-state index contributed by atoms with van der Waals surface area (Å²) in [6.07, 6.45) is 2.14. The molecule has 1 aromatic rings. The maximum atomic E-state index is 13.6. The van der Waals surface area contributed by atoms with Crippen molar-refractivity contribution in [2.45, 2.75) is 38.3 Å². The van der Waals surface area contributed by atoms with Crippen LogP contribution in [0, 0.1) is 5.82 Å². The number of carbonyl (C=O) groups is 1. The molecule has 0 spiro atoms. The Bertz CT molecular complexity index is 436. The molecule has 0 saturated carbocycles. The number of hydrogen-bond acceptors (Lipinski definition) is 2. The zero-order chi connectivity index (χ0) is 13.1. The molecular formula is C14H18FNO2. The summed E-state index contributed by atoms with van der Waals surface area (Å²) < 4.78 is 13.6. The molecule has 1 aliphatic heterocycles. The Kier molecular flexibility index (Phi) is 3.97. The molecule has 2 atom stereocenters. The van der Waals surface area contributed by atoms with Gasteiger partial charge >= 0.3 is 5.97 Å². The molecule has 3 nitrogen and oxygen atoms in total. The van der Waals surface area contributed by atoms with Crippen LogP contribution in [0.4, 0.5) is 4.39 Å². The molecule has 2 rings (SSSR count). The van der Waals surface area contributed by atoms with Gasteiger partial charge in [0.1, 0.15) is 11.9 Å². The topological polar surface area (TPSA) is 40.5 Å². The van der Waals surface area contributed by atoms with Gasteiger partial charge in [-0.05, 0) is 44.4 Å². The lowest BCUT2D eigenvalue weighted by Gasteiger charge is -2.28. The minimum atomic E-state index is -0.770. The highest BCUT2D eigenvalue weighted by Gasteiger charge is 2.33. The highest BCUT2D eigenvalue weighted by atomic mass is 19.1. The Morgan fingerprint density at radius 2 is 2.28 bits per heavy atom. The van der Waals surface area contributed by atoms with E-state index in [1.54, 1.807) is 12.1 Å².